The van der Waals surface area contributed by atoms with Crippen LogP contribution in [-0.2, 0) is 4.79 Å². The number of alkyl halides is 1. The summed E-state index contributed by atoms with van der Waals surface area (Å²) in [5.74, 6) is -0.0965. The number of carbonyl (C=O) groups is 1. The van der Waals surface area contributed by atoms with Gasteiger partial charge in [0, 0.05) is 18.1 Å². The summed E-state index contributed by atoms with van der Waals surface area (Å²) in [5, 5.41) is 2.82. The number of anilines is 1. The number of halogens is 1. The van der Waals surface area contributed by atoms with E-state index in [4.69, 9.17) is 0 Å². The Bertz CT molecular complexity index is 563. The molecule has 0 saturated carbocycles. The van der Waals surface area contributed by atoms with Gasteiger partial charge in [-0.3, -0.25) is 14.8 Å². The number of amides is 1. The van der Waals surface area contributed by atoms with Gasteiger partial charge < -0.3 is 5.32 Å². The summed E-state index contributed by atoms with van der Waals surface area (Å²) < 4.78 is -0.593. The van der Waals surface area contributed by atoms with Crippen LogP contribution in [0.2, 0.25) is 0 Å². The molecule has 0 fully saturated rings. The summed E-state index contributed by atoms with van der Waals surface area (Å²) in [7, 11) is 0. The van der Waals surface area contributed by atoms with Crippen molar-refractivity contribution in [1.29, 1.82) is 0 Å². The van der Waals surface area contributed by atoms with Gasteiger partial charge >= 0.3 is 0 Å². The summed E-state index contributed by atoms with van der Waals surface area (Å²) in [6.45, 7) is 3.59. The quantitative estimate of drug-likeness (QED) is 0.866. The minimum absolute atomic E-state index is 0.0965. The van der Waals surface area contributed by atoms with Crippen LogP contribution in [0.5, 0.6) is 0 Å². The number of benzene rings is 1. The average Bonchev–Trinajstić information content (AvgIpc) is 2.27. The zero-order valence-corrected chi connectivity index (χ0v) is 11.2. The van der Waals surface area contributed by atoms with Gasteiger partial charge in [-0.15, -0.1) is 0 Å². The first-order chi connectivity index (χ1) is 7.97. The molecule has 0 aliphatic carbocycles. The van der Waals surface area contributed by atoms with Gasteiger partial charge in [0.05, 0.1) is 15.4 Å². The fourth-order valence-electron chi connectivity index (χ4n) is 1.32. The van der Waals surface area contributed by atoms with Crippen LogP contribution in [-0.4, -0.2) is 20.2 Å². The van der Waals surface area contributed by atoms with Crippen LogP contribution in [0, 0.1) is 0 Å². The molecular formula is C12H12BrN3O. The van der Waals surface area contributed by atoms with Gasteiger partial charge in [0.1, 0.15) is 0 Å². The summed E-state index contributed by atoms with van der Waals surface area (Å²) in [5.41, 5.74) is 2.29. The molecule has 1 amide bonds. The predicted octanol–water partition coefficient (Wildman–Crippen LogP) is 2.74. The van der Waals surface area contributed by atoms with Crippen molar-refractivity contribution in [3.8, 4) is 0 Å². The maximum Gasteiger partial charge on any atom is 0.240 e. The van der Waals surface area contributed by atoms with Gasteiger partial charge in [-0.05, 0) is 32.0 Å². The van der Waals surface area contributed by atoms with Crippen LogP contribution in [0.3, 0.4) is 0 Å². The first-order valence-corrected chi connectivity index (χ1v) is 5.97. The maximum absolute atomic E-state index is 11.8. The first kappa shape index (κ1) is 12.0. The summed E-state index contributed by atoms with van der Waals surface area (Å²) >= 11 is 3.31. The number of carbonyl (C=O) groups excluding carboxylic acids is 1. The van der Waals surface area contributed by atoms with E-state index in [1.807, 2.05) is 12.1 Å². The lowest BCUT2D eigenvalue weighted by atomic mass is 10.2. The van der Waals surface area contributed by atoms with Gasteiger partial charge in [-0.2, -0.15) is 0 Å². The number of nitrogens with one attached hydrogen (secondary N) is 1. The molecule has 17 heavy (non-hydrogen) atoms. The molecule has 1 heterocycles. The second kappa shape index (κ2) is 4.41. The number of nitrogens with zero attached hydrogens (tertiary/aromatic N) is 2. The highest BCUT2D eigenvalue weighted by Crippen LogP contribution is 2.20. The normalized spacial score (nSPS) is 11.5. The lowest BCUT2D eigenvalue weighted by molar-refractivity contribution is -0.117. The Morgan fingerprint density at radius 3 is 2.53 bits per heavy atom. The second-order valence-electron chi connectivity index (χ2n) is 4.19. The zero-order valence-electron chi connectivity index (χ0n) is 9.57. The van der Waals surface area contributed by atoms with Gasteiger partial charge in [0.25, 0.3) is 0 Å². The first-order valence-electron chi connectivity index (χ1n) is 5.18. The lowest BCUT2D eigenvalue weighted by Crippen LogP contribution is -2.30. The van der Waals surface area contributed by atoms with Crippen molar-refractivity contribution in [1.82, 2.24) is 9.97 Å². The number of hydrogen-bond donors (Lipinski definition) is 1. The molecular weight excluding hydrogens is 282 g/mol. The van der Waals surface area contributed by atoms with E-state index in [0.717, 1.165) is 16.7 Å². The highest BCUT2D eigenvalue weighted by molar-refractivity contribution is 9.10. The molecule has 5 heteroatoms. The third-order valence-corrected chi connectivity index (χ3v) is 2.63. The lowest BCUT2D eigenvalue weighted by Gasteiger charge is -2.15. The minimum Gasteiger partial charge on any atom is -0.325 e. The summed E-state index contributed by atoms with van der Waals surface area (Å²) in [6.07, 6.45) is 3.27. The molecule has 0 atom stereocenters. The van der Waals surface area contributed by atoms with Crippen molar-refractivity contribution in [2.24, 2.45) is 0 Å². The van der Waals surface area contributed by atoms with Crippen LogP contribution in [0.25, 0.3) is 11.0 Å². The van der Waals surface area contributed by atoms with Gasteiger partial charge in [-0.1, -0.05) is 15.9 Å². The van der Waals surface area contributed by atoms with Crippen LogP contribution in [0.4, 0.5) is 5.69 Å². The van der Waals surface area contributed by atoms with Crippen LogP contribution >= 0.6 is 15.9 Å². The number of aromatic nitrogens is 2. The largest absolute Gasteiger partial charge is 0.325 e. The van der Waals surface area contributed by atoms with Crippen molar-refractivity contribution in [2.45, 2.75) is 18.2 Å². The maximum atomic E-state index is 11.8. The molecule has 0 unspecified atom stereocenters. The van der Waals surface area contributed by atoms with Crippen molar-refractivity contribution in [2.75, 3.05) is 5.32 Å². The van der Waals surface area contributed by atoms with Crippen LogP contribution < -0.4 is 5.32 Å². The minimum atomic E-state index is -0.593. The van der Waals surface area contributed by atoms with Crippen LogP contribution in [0.1, 0.15) is 13.8 Å². The summed E-state index contributed by atoms with van der Waals surface area (Å²) in [6, 6.07) is 5.45. The van der Waals surface area contributed by atoms with E-state index in [9.17, 15) is 4.79 Å². The van der Waals surface area contributed by atoms with E-state index in [1.165, 1.54) is 0 Å². The van der Waals surface area contributed by atoms with E-state index in [2.05, 4.69) is 31.2 Å². The fourth-order valence-corrected chi connectivity index (χ4v) is 1.42. The molecule has 2 rings (SSSR count). The molecule has 0 radical (unpaired) electrons. The highest BCUT2D eigenvalue weighted by Gasteiger charge is 2.23. The molecule has 0 saturated heterocycles. The van der Waals surface area contributed by atoms with E-state index < -0.39 is 4.32 Å². The van der Waals surface area contributed by atoms with E-state index in [0.29, 0.717) is 0 Å². The van der Waals surface area contributed by atoms with Crippen LogP contribution in [0.15, 0.2) is 30.6 Å². The van der Waals surface area contributed by atoms with Crippen molar-refractivity contribution >= 4 is 38.6 Å². The smallest absolute Gasteiger partial charge is 0.240 e. The Hall–Kier alpha value is -1.49. The molecule has 4 nitrogen and oxygen atoms in total. The van der Waals surface area contributed by atoms with E-state index in [1.54, 1.807) is 32.3 Å². The second-order valence-corrected chi connectivity index (χ2v) is 6.17. The van der Waals surface area contributed by atoms with E-state index in [-0.39, 0.29) is 5.91 Å². The summed E-state index contributed by atoms with van der Waals surface area (Å²) in [4.78, 5) is 20.1. The topological polar surface area (TPSA) is 54.9 Å². The van der Waals surface area contributed by atoms with Gasteiger partial charge in [0.15, 0.2) is 0 Å². The molecule has 1 N–H and O–H groups in total. The van der Waals surface area contributed by atoms with Gasteiger partial charge in [0.2, 0.25) is 5.91 Å². The third-order valence-electron chi connectivity index (χ3n) is 2.27. The van der Waals surface area contributed by atoms with E-state index >= 15 is 0 Å². The highest BCUT2D eigenvalue weighted by atomic mass is 79.9. The Morgan fingerprint density at radius 2 is 1.88 bits per heavy atom. The van der Waals surface area contributed by atoms with Crippen molar-refractivity contribution < 1.29 is 4.79 Å². The SMILES string of the molecule is CC(C)(Br)C(=O)Nc1ccc2nccnc2c1. The Labute approximate surface area is 108 Å². The predicted molar refractivity (Wildman–Crippen MR) is 71.2 cm³/mol. The molecule has 1 aromatic carbocycles. The average molecular weight is 294 g/mol. The Morgan fingerprint density at radius 1 is 1.24 bits per heavy atom. The molecule has 2 aromatic rings. The standard InChI is InChI=1S/C12H12BrN3O/c1-12(2,13)11(17)16-8-3-4-9-10(7-8)15-6-5-14-9/h3-7H,1-2H3,(H,16,17). The molecule has 1 aromatic heterocycles. The van der Waals surface area contributed by atoms with Gasteiger partial charge in [-0.25, -0.2) is 0 Å². The van der Waals surface area contributed by atoms with Crippen molar-refractivity contribution in [3.63, 3.8) is 0 Å². The fraction of sp³-hybridized carbons (Fsp3) is 0.250. The Kier molecular flexibility index (Phi) is 3.11. The third kappa shape index (κ3) is 2.79. The molecule has 0 aliphatic heterocycles. The monoisotopic (exact) mass is 293 g/mol. The Balaban J connectivity index is 2.29. The number of hydrogen-bond acceptors (Lipinski definition) is 3. The van der Waals surface area contributed by atoms with Crippen molar-refractivity contribution in [3.05, 3.63) is 30.6 Å². The number of fused-ring (bicyclic) bond motifs is 1. The molecule has 0 bridgehead atoms. The molecule has 0 spiro atoms. The molecule has 88 valence electrons. The number of rotatable bonds is 2. The zero-order chi connectivity index (χ0) is 12.5. The molecule has 0 aliphatic rings.